The van der Waals surface area contributed by atoms with E-state index in [9.17, 15) is 0 Å². The monoisotopic (exact) mass is 268 g/mol. The lowest BCUT2D eigenvalue weighted by Crippen LogP contribution is -2.68. The molecule has 0 radical (unpaired) electrons. The first-order valence-corrected chi connectivity index (χ1v) is 7.93. The normalized spacial score (nSPS) is 44.2. The van der Waals surface area contributed by atoms with Crippen LogP contribution in [0.25, 0.3) is 0 Å². The van der Waals surface area contributed by atoms with Crippen molar-refractivity contribution in [2.75, 3.05) is 26.8 Å². The van der Waals surface area contributed by atoms with Gasteiger partial charge in [0.25, 0.3) is 0 Å². The number of hydrogen-bond donors (Lipinski definition) is 1. The van der Waals surface area contributed by atoms with Crippen LogP contribution in [0, 0.1) is 0 Å². The van der Waals surface area contributed by atoms with Gasteiger partial charge < -0.3 is 15.2 Å². The van der Waals surface area contributed by atoms with Crippen LogP contribution in [0.4, 0.5) is 0 Å². The van der Waals surface area contributed by atoms with E-state index in [1.807, 2.05) is 7.11 Å². The van der Waals surface area contributed by atoms with E-state index in [0.29, 0.717) is 24.8 Å². The maximum Gasteiger partial charge on any atom is 0.0767 e. The summed E-state index contributed by atoms with van der Waals surface area (Å²) in [4.78, 5) is 2.68. The largest absolute Gasteiger partial charge is 0.379 e. The second-order valence-corrected chi connectivity index (χ2v) is 6.38. The lowest BCUT2D eigenvalue weighted by molar-refractivity contribution is -0.147. The second-order valence-electron chi connectivity index (χ2n) is 6.38. The molecule has 2 saturated carbocycles. The van der Waals surface area contributed by atoms with Crippen LogP contribution in [-0.2, 0) is 9.47 Å². The van der Waals surface area contributed by atoms with Crippen LogP contribution < -0.4 is 5.73 Å². The van der Waals surface area contributed by atoms with Gasteiger partial charge in [0.05, 0.1) is 24.4 Å². The Morgan fingerprint density at radius 2 is 2.16 bits per heavy atom. The summed E-state index contributed by atoms with van der Waals surface area (Å²) < 4.78 is 11.8. The highest BCUT2D eigenvalue weighted by molar-refractivity contribution is 5.06. The quantitative estimate of drug-likeness (QED) is 0.843. The van der Waals surface area contributed by atoms with Gasteiger partial charge in [0, 0.05) is 26.2 Å². The summed E-state index contributed by atoms with van der Waals surface area (Å²) in [6.07, 6.45) is 9.42. The Bertz CT molecular complexity index is 313. The Balaban J connectivity index is 1.86. The predicted octanol–water partition coefficient (Wildman–Crippen LogP) is 1.53. The zero-order valence-electron chi connectivity index (χ0n) is 12.1. The summed E-state index contributed by atoms with van der Waals surface area (Å²) in [5.74, 6) is 0. The fourth-order valence-corrected chi connectivity index (χ4v) is 4.69. The van der Waals surface area contributed by atoms with Gasteiger partial charge in [-0.3, -0.25) is 4.90 Å². The van der Waals surface area contributed by atoms with Crippen molar-refractivity contribution >= 4 is 0 Å². The van der Waals surface area contributed by atoms with Crippen LogP contribution in [0.3, 0.4) is 0 Å². The molecule has 0 bridgehead atoms. The number of hydrogen-bond acceptors (Lipinski definition) is 4. The zero-order chi connectivity index (χ0) is 13.3. The molecule has 2 N–H and O–H groups in total. The molecule has 19 heavy (non-hydrogen) atoms. The van der Waals surface area contributed by atoms with Gasteiger partial charge in [-0.05, 0) is 32.1 Å². The number of ether oxygens (including phenoxy) is 2. The molecule has 4 nitrogen and oxygen atoms in total. The summed E-state index contributed by atoms with van der Waals surface area (Å²) in [6.45, 7) is 2.60. The van der Waals surface area contributed by atoms with Crippen molar-refractivity contribution in [1.29, 1.82) is 0 Å². The molecule has 0 amide bonds. The first kappa shape index (κ1) is 13.8. The maximum atomic E-state index is 6.26. The molecule has 4 heteroatoms. The van der Waals surface area contributed by atoms with Gasteiger partial charge in [0.1, 0.15) is 0 Å². The van der Waals surface area contributed by atoms with Crippen LogP contribution in [0.1, 0.15) is 44.9 Å². The van der Waals surface area contributed by atoms with Crippen molar-refractivity contribution in [3.05, 3.63) is 0 Å². The van der Waals surface area contributed by atoms with Crippen LogP contribution in [0.15, 0.2) is 0 Å². The molecule has 1 heterocycles. The average molecular weight is 268 g/mol. The van der Waals surface area contributed by atoms with Crippen molar-refractivity contribution in [2.45, 2.75) is 68.7 Å². The van der Waals surface area contributed by atoms with Crippen LogP contribution >= 0.6 is 0 Å². The summed E-state index contributed by atoms with van der Waals surface area (Å²) in [6, 6.07) is 0.577. The molecular formula is C15H28N2O2. The topological polar surface area (TPSA) is 47.7 Å². The van der Waals surface area contributed by atoms with E-state index in [4.69, 9.17) is 15.2 Å². The third-order valence-electron chi connectivity index (χ3n) is 5.62. The van der Waals surface area contributed by atoms with E-state index in [1.54, 1.807) is 0 Å². The van der Waals surface area contributed by atoms with E-state index < -0.39 is 0 Å². The van der Waals surface area contributed by atoms with Gasteiger partial charge in [-0.2, -0.15) is 0 Å². The molecule has 3 rings (SSSR count). The molecule has 4 unspecified atom stereocenters. The number of rotatable bonds is 3. The first-order valence-electron chi connectivity index (χ1n) is 7.93. The van der Waals surface area contributed by atoms with E-state index in [1.165, 1.54) is 38.5 Å². The Labute approximate surface area is 116 Å². The van der Waals surface area contributed by atoms with Crippen LogP contribution in [-0.4, -0.2) is 55.5 Å². The minimum absolute atomic E-state index is 0.0596. The van der Waals surface area contributed by atoms with E-state index in [0.717, 1.165) is 19.6 Å². The predicted molar refractivity (Wildman–Crippen MR) is 75.1 cm³/mol. The zero-order valence-corrected chi connectivity index (χ0v) is 12.1. The number of methoxy groups -OCH3 is 1. The standard InChI is InChI=1S/C15H28N2O2/c1-18-14-7-2-3-8-15(14,11-16)17-9-10-19-13-6-4-5-12(13)17/h12-14H,2-11,16H2,1H3. The molecule has 3 fully saturated rings. The molecule has 110 valence electrons. The van der Waals surface area contributed by atoms with Gasteiger partial charge in [0.2, 0.25) is 0 Å². The van der Waals surface area contributed by atoms with Crippen molar-refractivity contribution in [3.63, 3.8) is 0 Å². The summed E-state index contributed by atoms with van der Waals surface area (Å²) >= 11 is 0. The number of nitrogens with zero attached hydrogens (tertiary/aromatic N) is 1. The highest BCUT2D eigenvalue weighted by atomic mass is 16.5. The molecule has 0 aromatic heterocycles. The average Bonchev–Trinajstić information content (AvgIpc) is 2.95. The van der Waals surface area contributed by atoms with Gasteiger partial charge in [-0.15, -0.1) is 0 Å². The molecule has 0 aromatic rings. The van der Waals surface area contributed by atoms with E-state index >= 15 is 0 Å². The Morgan fingerprint density at radius 1 is 1.26 bits per heavy atom. The lowest BCUT2D eigenvalue weighted by Gasteiger charge is -2.55. The fraction of sp³-hybridized carbons (Fsp3) is 1.00. The molecule has 2 aliphatic carbocycles. The lowest BCUT2D eigenvalue weighted by atomic mass is 9.76. The smallest absolute Gasteiger partial charge is 0.0767 e. The van der Waals surface area contributed by atoms with Crippen molar-refractivity contribution in [3.8, 4) is 0 Å². The molecule has 1 saturated heterocycles. The highest BCUT2D eigenvalue weighted by Gasteiger charge is 2.50. The number of nitrogens with two attached hydrogens (primary N) is 1. The third-order valence-corrected chi connectivity index (χ3v) is 5.62. The molecule has 4 atom stereocenters. The Hall–Kier alpha value is -0.160. The second kappa shape index (κ2) is 5.68. The van der Waals surface area contributed by atoms with Crippen molar-refractivity contribution < 1.29 is 9.47 Å². The fourth-order valence-electron chi connectivity index (χ4n) is 4.69. The molecular weight excluding hydrogens is 240 g/mol. The van der Waals surface area contributed by atoms with E-state index in [2.05, 4.69) is 4.90 Å². The van der Waals surface area contributed by atoms with Gasteiger partial charge >= 0.3 is 0 Å². The van der Waals surface area contributed by atoms with Crippen LogP contribution in [0.2, 0.25) is 0 Å². The van der Waals surface area contributed by atoms with Crippen molar-refractivity contribution in [2.24, 2.45) is 5.73 Å². The molecule has 0 aromatic carbocycles. The minimum Gasteiger partial charge on any atom is -0.379 e. The summed E-state index contributed by atoms with van der Waals surface area (Å²) in [5.41, 5.74) is 6.31. The Morgan fingerprint density at radius 3 is 2.95 bits per heavy atom. The summed E-state index contributed by atoms with van der Waals surface area (Å²) in [5, 5.41) is 0. The van der Waals surface area contributed by atoms with Crippen LogP contribution in [0.5, 0.6) is 0 Å². The van der Waals surface area contributed by atoms with E-state index in [-0.39, 0.29) is 5.54 Å². The number of morpholine rings is 1. The summed E-state index contributed by atoms with van der Waals surface area (Å²) in [7, 11) is 1.85. The third kappa shape index (κ3) is 2.23. The van der Waals surface area contributed by atoms with Crippen molar-refractivity contribution in [1.82, 2.24) is 4.90 Å². The SMILES string of the molecule is COC1CCCCC1(CN)N1CCOC2CCCC21. The maximum absolute atomic E-state index is 6.26. The molecule has 0 spiro atoms. The Kier molecular flexibility index (Phi) is 4.13. The first-order chi connectivity index (χ1) is 9.31. The highest BCUT2D eigenvalue weighted by Crippen LogP contribution is 2.41. The molecule has 1 aliphatic heterocycles. The van der Waals surface area contributed by atoms with Gasteiger partial charge in [-0.25, -0.2) is 0 Å². The minimum atomic E-state index is 0.0596. The van der Waals surface area contributed by atoms with Gasteiger partial charge in [0.15, 0.2) is 0 Å². The number of fused-ring (bicyclic) bond motifs is 1. The molecule has 3 aliphatic rings. The van der Waals surface area contributed by atoms with Gasteiger partial charge in [-0.1, -0.05) is 12.8 Å².